The van der Waals surface area contributed by atoms with Crippen LogP contribution in [0.2, 0.25) is 0 Å². The van der Waals surface area contributed by atoms with Crippen molar-refractivity contribution in [1.82, 2.24) is 9.80 Å². The predicted molar refractivity (Wildman–Crippen MR) is 94.4 cm³/mol. The predicted octanol–water partition coefficient (Wildman–Crippen LogP) is -0.234. The second-order valence-electron chi connectivity index (χ2n) is 6.14. The molecule has 0 aliphatic rings. The van der Waals surface area contributed by atoms with Crippen molar-refractivity contribution in [2.24, 2.45) is 0 Å². The van der Waals surface area contributed by atoms with Gasteiger partial charge in [-0.05, 0) is 44.8 Å². The Bertz CT molecular complexity index is 560. The maximum Gasteiger partial charge on any atom is 0.256 e. The van der Waals surface area contributed by atoms with E-state index in [0.717, 1.165) is 17.9 Å². The molecule has 1 aromatic carbocycles. The number of aliphatic hydroxyl groups excluding tert-OH is 2. The van der Waals surface area contributed by atoms with E-state index in [1.807, 2.05) is 14.1 Å². The molecule has 8 nitrogen and oxygen atoms in total. The molecule has 0 aromatic heterocycles. The van der Waals surface area contributed by atoms with Gasteiger partial charge in [0.1, 0.15) is 5.75 Å². The van der Waals surface area contributed by atoms with Crippen LogP contribution in [0, 0.1) is 0 Å². The third-order valence-electron chi connectivity index (χ3n) is 3.40. The first-order valence-corrected chi connectivity index (χ1v) is 7.98. The lowest BCUT2D eigenvalue weighted by Gasteiger charge is -2.20. The fraction of sp³-hybridized carbons (Fsp3) is 0.529. The first kappa shape index (κ1) is 20.9. The van der Waals surface area contributed by atoms with Crippen molar-refractivity contribution >= 4 is 17.5 Å². The third kappa shape index (κ3) is 7.08. The lowest BCUT2D eigenvalue weighted by atomic mass is 10.1. The smallest absolute Gasteiger partial charge is 0.256 e. The van der Waals surface area contributed by atoms with E-state index in [2.05, 4.69) is 10.2 Å². The van der Waals surface area contributed by atoms with Crippen molar-refractivity contribution in [3.63, 3.8) is 0 Å². The summed E-state index contributed by atoms with van der Waals surface area (Å²) < 4.78 is 5.58. The maximum atomic E-state index is 11.9. The molecule has 0 aliphatic carbocycles. The fourth-order valence-corrected chi connectivity index (χ4v) is 1.96. The highest BCUT2D eigenvalue weighted by molar-refractivity contribution is 5.98. The summed E-state index contributed by atoms with van der Waals surface area (Å²) in [5.41, 5.74) is 0.425. The molecular formula is C17H27N3O5. The summed E-state index contributed by atoms with van der Waals surface area (Å²) in [6.07, 6.45) is -2.76. The van der Waals surface area contributed by atoms with Crippen molar-refractivity contribution < 1.29 is 24.5 Å². The van der Waals surface area contributed by atoms with E-state index in [-0.39, 0.29) is 0 Å². The number of aliphatic hydroxyl groups is 2. The number of likely N-dealkylation sites (N-methyl/N-ethyl adjacent to an activating group) is 1. The highest BCUT2D eigenvalue weighted by Crippen LogP contribution is 2.16. The van der Waals surface area contributed by atoms with Crippen LogP contribution in [0.3, 0.4) is 0 Å². The largest absolute Gasteiger partial charge is 0.494 e. The molecule has 0 bridgehead atoms. The number of ether oxygens (including phenoxy) is 1. The molecule has 0 aliphatic heterocycles. The van der Waals surface area contributed by atoms with Crippen molar-refractivity contribution in [3.8, 4) is 5.75 Å². The quantitative estimate of drug-likeness (QED) is 0.530. The van der Waals surface area contributed by atoms with E-state index in [4.69, 9.17) is 4.74 Å². The Balaban J connectivity index is 2.51. The molecule has 140 valence electrons. The summed E-state index contributed by atoms with van der Waals surface area (Å²) in [6, 6.07) is 6.62. The number of anilines is 1. The van der Waals surface area contributed by atoms with E-state index >= 15 is 0 Å². The zero-order valence-electron chi connectivity index (χ0n) is 15.1. The lowest BCUT2D eigenvalue weighted by molar-refractivity contribution is -0.149. The molecule has 0 saturated heterocycles. The van der Waals surface area contributed by atoms with Gasteiger partial charge in [0, 0.05) is 26.3 Å². The number of carbonyl (C=O) groups is 2. The van der Waals surface area contributed by atoms with E-state index in [1.165, 1.54) is 14.1 Å². The molecule has 0 fully saturated rings. The second-order valence-corrected chi connectivity index (χ2v) is 6.14. The third-order valence-corrected chi connectivity index (χ3v) is 3.40. The van der Waals surface area contributed by atoms with Crippen LogP contribution in [-0.4, -0.2) is 85.4 Å². The lowest BCUT2D eigenvalue weighted by Crippen LogP contribution is -2.47. The highest BCUT2D eigenvalue weighted by atomic mass is 16.5. The van der Waals surface area contributed by atoms with Crippen molar-refractivity contribution in [2.75, 3.05) is 46.7 Å². The van der Waals surface area contributed by atoms with Gasteiger partial charge in [-0.25, -0.2) is 0 Å². The summed E-state index contributed by atoms with van der Waals surface area (Å²) >= 11 is 0. The van der Waals surface area contributed by atoms with Gasteiger partial charge in [-0.1, -0.05) is 0 Å². The molecule has 0 unspecified atom stereocenters. The number of nitrogens with one attached hydrogen (secondary N) is 1. The van der Waals surface area contributed by atoms with E-state index < -0.39 is 24.0 Å². The van der Waals surface area contributed by atoms with Crippen LogP contribution in [0.25, 0.3) is 0 Å². The number of carbonyl (C=O) groups excluding carboxylic acids is 2. The van der Waals surface area contributed by atoms with Gasteiger partial charge >= 0.3 is 0 Å². The topological polar surface area (TPSA) is 102 Å². The van der Waals surface area contributed by atoms with Gasteiger partial charge in [0.15, 0.2) is 12.2 Å². The Kier molecular flexibility index (Phi) is 8.33. The van der Waals surface area contributed by atoms with E-state index in [1.54, 1.807) is 24.3 Å². The summed E-state index contributed by atoms with van der Waals surface area (Å²) in [6.45, 7) is 1.52. The Morgan fingerprint density at radius 3 is 2.20 bits per heavy atom. The fourth-order valence-electron chi connectivity index (χ4n) is 1.96. The van der Waals surface area contributed by atoms with E-state index in [0.29, 0.717) is 18.0 Å². The molecular weight excluding hydrogens is 326 g/mol. The normalized spacial score (nSPS) is 13.2. The second kappa shape index (κ2) is 9.97. The Labute approximate surface area is 148 Å². The van der Waals surface area contributed by atoms with Gasteiger partial charge in [0.2, 0.25) is 0 Å². The Morgan fingerprint density at radius 1 is 1.08 bits per heavy atom. The van der Waals surface area contributed by atoms with Crippen LogP contribution >= 0.6 is 0 Å². The average Bonchev–Trinajstić information content (AvgIpc) is 2.57. The zero-order chi connectivity index (χ0) is 19.0. The van der Waals surface area contributed by atoms with Gasteiger partial charge in [0.25, 0.3) is 11.8 Å². The molecule has 2 amide bonds. The van der Waals surface area contributed by atoms with Crippen molar-refractivity contribution in [2.45, 2.75) is 18.6 Å². The number of nitrogens with zero attached hydrogens (tertiary/aromatic N) is 2. The van der Waals surface area contributed by atoms with E-state index in [9.17, 15) is 19.8 Å². The van der Waals surface area contributed by atoms with Gasteiger partial charge in [-0.15, -0.1) is 0 Å². The van der Waals surface area contributed by atoms with Gasteiger partial charge < -0.3 is 30.1 Å². The molecule has 2 atom stereocenters. The maximum absolute atomic E-state index is 11.9. The number of benzene rings is 1. The van der Waals surface area contributed by atoms with Gasteiger partial charge in [-0.3, -0.25) is 9.59 Å². The summed E-state index contributed by atoms with van der Waals surface area (Å²) in [4.78, 5) is 26.7. The minimum Gasteiger partial charge on any atom is -0.494 e. The number of hydrogen-bond acceptors (Lipinski definition) is 6. The van der Waals surface area contributed by atoms with Crippen molar-refractivity contribution in [1.29, 1.82) is 0 Å². The minimum atomic E-state index is -1.85. The first-order chi connectivity index (χ1) is 11.7. The standard InChI is InChI=1S/C17H27N3O5/c1-19(2)10-5-11-25-13-8-6-12(7-9-13)18-16(23)14(21)15(22)17(24)20(3)4/h6-9,14-15,21-22H,5,10-11H2,1-4H3,(H,18,23)/t14-,15-/m1/s1. The van der Waals surface area contributed by atoms with Crippen LogP contribution in [0.15, 0.2) is 24.3 Å². The molecule has 8 heteroatoms. The Hall–Kier alpha value is -2.16. The van der Waals surface area contributed by atoms with Crippen molar-refractivity contribution in [3.05, 3.63) is 24.3 Å². The summed E-state index contributed by atoms with van der Waals surface area (Å²) in [7, 11) is 6.84. The van der Waals surface area contributed by atoms with Crippen LogP contribution in [0.4, 0.5) is 5.69 Å². The minimum absolute atomic E-state index is 0.425. The van der Waals surface area contributed by atoms with Crippen LogP contribution < -0.4 is 10.1 Å². The van der Waals surface area contributed by atoms with Gasteiger partial charge in [0.05, 0.1) is 6.61 Å². The average molecular weight is 353 g/mol. The van der Waals surface area contributed by atoms with Crippen LogP contribution in [0.5, 0.6) is 5.75 Å². The number of hydrogen-bond donors (Lipinski definition) is 3. The molecule has 0 spiro atoms. The van der Waals surface area contributed by atoms with Crippen LogP contribution in [0.1, 0.15) is 6.42 Å². The molecule has 1 rings (SSSR count). The van der Waals surface area contributed by atoms with Crippen LogP contribution in [-0.2, 0) is 9.59 Å². The highest BCUT2D eigenvalue weighted by Gasteiger charge is 2.31. The monoisotopic (exact) mass is 353 g/mol. The number of rotatable bonds is 9. The molecule has 0 heterocycles. The SMILES string of the molecule is CN(C)CCCOc1ccc(NC(=O)[C@H](O)[C@@H](O)C(=O)N(C)C)cc1. The van der Waals surface area contributed by atoms with Gasteiger partial charge in [-0.2, -0.15) is 0 Å². The Morgan fingerprint density at radius 2 is 1.68 bits per heavy atom. The first-order valence-electron chi connectivity index (χ1n) is 7.98. The molecule has 0 radical (unpaired) electrons. The molecule has 1 aromatic rings. The molecule has 3 N–H and O–H groups in total. The number of amides is 2. The summed E-state index contributed by atoms with van der Waals surface area (Å²) in [5, 5.41) is 21.9. The summed E-state index contributed by atoms with van der Waals surface area (Å²) in [5.74, 6) is -0.938. The molecule has 25 heavy (non-hydrogen) atoms. The zero-order valence-corrected chi connectivity index (χ0v) is 15.1. The molecule has 0 saturated carbocycles.